The maximum atomic E-state index is 13.0. The molecule has 8 nitrogen and oxygen atoms in total. The molecule has 0 N–H and O–H groups in total. The standard InChI is InChI=1S/C27H33F6NO7SSi/c1-24(2,3)43(19-12-8-6-9-13-19,20-14-10-7-11-15-20)40-16-21-22(17-39-42(36,37)27(31,32)33)41-25(4,5)34(21)23(35)38-18-26(28,29)30/h6-15,21-22H,16-18H2,1-5H3/t21-,22-/m1/s1. The predicted octanol–water partition coefficient (Wildman–Crippen LogP) is 4.93. The van der Waals surface area contributed by atoms with E-state index in [9.17, 15) is 39.6 Å². The van der Waals surface area contributed by atoms with Crippen LogP contribution in [0.1, 0.15) is 34.6 Å². The van der Waals surface area contributed by atoms with Crippen LogP contribution in [0.4, 0.5) is 31.1 Å². The molecule has 0 bridgehead atoms. The molecular weight excluding hydrogens is 624 g/mol. The van der Waals surface area contributed by atoms with E-state index in [-0.39, 0.29) is 0 Å². The molecule has 0 saturated carbocycles. The van der Waals surface area contributed by atoms with Gasteiger partial charge in [0.2, 0.25) is 0 Å². The van der Waals surface area contributed by atoms with Crippen LogP contribution >= 0.6 is 0 Å². The summed E-state index contributed by atoms with van der Waals surface area (Å²) in [6, 6.07) is 16.8. The first-order valence-electron chi connectivity index (χ1n) is 13.0. The van der Waals surface area contributed by atoms with Crippen LogP contribution in [0.15, 0.2) is 60.7 Å². The fourth-order valence-corrected chi connectivity index (χ4v) is 10.2. The van der Waals surface area contributed by atoms with Crippen molar-refractivity contribution in [2.75, 3.05) is 19.8 Å². The molecule has 2 aromatic rings. The average molecular weight is 658 g/mol. The van der Waals surface area contributed by atoms with Crippen LogP contribution in [0.2, 0.25) is 5.04 Å². The SMILES string of the molecule is CC1(C)O[C@H](COS(=O)(=O)C(F)(F)F)[C@@H](CO[Si](c2ccccc2)(c2ccccc2)C(C)(C)C)N1C(=O)OCC(F)(F)F. The van der Waals surface area contributed by atoms with Crippen molar-refractivity contribution in [1.29, 1.82) is 0 Å². The van der Waals surface area contributed by atoms with Gasteiger partial charge in [-0.15, -0.1) is 0 Å². The average Bonchev–Trinajstić information content (AvgIpc) is 3.15. The molecule has 1 heterocycles. The molecule has 1 aliphatic heterocycles. The topological polar surface area (TPSA) is 91.4 Å². The molecule has 43 heavy (non-hydrogen) atoms. The maximum Gasteiger partial charge on any atom is 0.523 e. The van der Waals surface area contributed by atoms with E-state index in [1.54, 1.807) is 36.4 Å². The van der Waals surface area contributed by atoms with Crippen LogP contribution in [-0.2, 0) is 28.2 Å². The zero-order chi connectivity index (χ0) is 32.5. The van der Waals surface area contributed by atoms with E-state index >= 15 is 0 Å². The zero-order valence-corrected chi connectivity index (χ0v) is 25.8. The Hall–Kier alpha value is -2.66. The van der Waals surface area contributed by atoms with Crippen LogP contribution in [0.5, 0.6) is 0 Å². The lowest BCUT2D eigenvalue weighted by molar-refractivity contribution is -0.166. The fourth-order valence-electron chi connectivity index (χ4n) is 5.16. The number of hydrogen-bond acceptors (Lipinski definition) is 7. The minimum Gasteiger partial charge on any atom is -0.440 e. The molecule has 1 saturated heterocycles. The highest BCUT2D eigenvalue weighted by Gasteiger charge is 2.56. The first-order chi connectivity index (χ1) is 19.6. The summed E-state index contributed by atoms with van der Waals surface area (Å²) in [7, 11) is -9.41. The quantitative estimate of drug-likeness (QED) is 0.164. The van der Waals surface area contributed by atoms with Crippen LogP contribution in [0.25, 0.3) is 0 Å². The number of rotatable bonds is 9. The summed E-state index contributed by atoms with van der Waals surface area (Å²) in [4.78, 5) is 13.8. The second-order valence-electron chi connectivity index (χ2n) is 11.4. The molecule has 1 fully saturated rings. The summed E-state index contributed by atoms with van der Waals surface area (Å²) >= 11 is 0. The van der Waals surface area contributed by atoms with Gasteiger partial charge in [0.15, 0.2) is 6.61 Å². The van der Waals surface area contributed by atoms with E-state index in [0.29, 0.717) is 0 Å². The molecule has 0 spiro atoms. The van der Waals surface area contributed by atoms with Gasteiger partial charge in [0.25, 0.3) is 8.32 Å². The normalized spacial score (nSPS) is 19.8. The van der Waals surface area contributed by atoms with E-state index in [1.165, 1.54) is 13.8 Å². The van der Waals surface area contributed by atoms with Crippen LogP contribution < -0.4 is 10.4 Å². The molecule has 0 aromatic heterocycles. The molecule has 0 radical (unpaired) electrons. The number of carbonyl (C=O) groups is 1. The van der Waals surface area contributed by atoms with Gasteiger partial charge in [-0.05, 0) is 29.3 Å². The number of nitrogens with zero attached hydrogens (tertiary/aromatic N) is 1. The molecule has 2 atom stereocenters. The highest BCUT2D eigenvalue weighted by molar-refractivity contribution is 7.87. The molecule has 16 heteroatoms. The van der Waals surface area contributed by atoms with E-state index in [1.807, 2.05) is 45.0 Å². The highest BCUT2D eigenvalue weighted by atomic mass is 32.2. The van der Waals surface area contributed by atoms with E-state index in [2.05, 4.69) is 8.92 Å². The van der Waals surface area contributed by atoms with Gasteiger partial charge in [-0.3, -0.25) is 9.08 Å². The molecule has 3 rings (SSSR count). The van der Waals surface area contributed by atoms with Gasteiger partial charge in [0.05, 0.1) is 19.3 Å². The second kappa shape index (κ2) is 12.4. The van der Waals surface area contributed by atoms with Gasteiger partial charge >= 0.3 is 27.9 Å². The Kier molecular flexibility index (Phi) is 10.0. The van der Waals surface area contributed by atoms with Crippen molar-refractivity contribution in [2.45, 2.75) is 69.2 Å². The van der Waals surface area contributed by atoms with Crippen molar-refractivity contribution in [3.05, 3.63) is 60.7 Å². The predicted molar refractivity (Wildman–Crippen MR) is 146 cm³/mol. The first kappa shape index (κ1) is 34.8. The first-order valence-corrected chi connectivity index (χ1v) is 16.4. The van der Waals surface area contributed by atoms with Gasteiger partial charge < -0.3 is 13.9 Å². The van der Waals surface area contributed by atoms with Gasteiger partial charge in [0.1, 0.15) is 11.8 Å². The molecule has 0 unspecified atom stereocenters. The highest BCUT2D eigenvalue weighted by Crippen LogP contribution is 2.39. The molecular formula is C27H33F6NO7SSi. The third-order valence-corrected chi connectivity index (χ3v) is 12.9. The Morgan fingerprint density at radius 3 is 1.81 bits per heavy atom. The summed E-state index contributed by atoms with van der Waals surface area (Å²) in [5.74, 6) is 0. The largest absolute Gasteiger partial charge is 0.523 e. The Morgan fingerprint density at radius 1 is 0.907 bits per heavy atom. The summed E-state index contributed by atoms with van der Waals surface area (Å²) in [6.07, 6.45) is -7.92. The molecule has 1 amide bonds. The second-order valence-corrected chi connectivity index (χ2v) is 17.3. The Balaban J connectivity index is 2.09. The van der Waals surface area contributed by atoms with E-state index in [0.717, 1.165) is 15.3 Å². The lowest BCUT2D eigenvalue weighted by Gasteiger charge is -2.44. The van der Waals surface area contributed by atoms with Gasteiger partial charge in [-0.1, -0.05) is 81.4 Å². The van der Waals surface area contributed by atoms with Crippen molar-refractivity contribution in [3.8, 4) is 0 Å². The number of ether oxygens (including phenoxy) is 2. The molecule has 1 aliphatic rings. The van der Waals surface area contributed by atoms with Gasteiger partial charge in [-0.25, -0.2) is 4.79 Å². The number of carbonyl (C=O) groups excluding carboxylic acids is 1. The van der Waals surface area contributed by atoms with Crippen molar-refractivity contribution in [1.82, 2.24) is 4.90 Å². The van der Waals surface area contributed by atoms with E-state index < -0.39 is 78.9 Å². The summed E-state index contributed by atoms with van der Waals surface area (Å²) in [6.45, 7) is 4.72. The Labute approximate surface area is 247 Å². The number of alkyl halides is 6. The third-order valence-electron chi connectivity index (χ3n) is 6.90. The van der Waals surface area contributed by atoms with Gasteiger partial charge in [-0.2, -0.15) is 34.8 Å². The number of halogens is 6. The molecule has 0 aliphatic carbocycles. The summed E-state index contributed by atoms with van der Waals surface area (Å²) in [5.41, 5.74) is -7.49. The lowest BCUT2D eigenvalue weighted by atomic mass is 10.1. The lowest BCUT2D eigenvalue weighted by Crippen LogP contribution is -2.67. The summed E-state index contributed by atoms with van der Waals surface area (Å²) in [5, 5.41) is 0.994. The number of hydrogen-bond donors (Lipinski definition) is 0. The van der Waals surface area contributed by atoms with Gasteiger partial charge in [0, 0.05) is 0 Å². The smallest absolute Gasteiger partial charge is 0.440 e. The minimum atomic E-state index is -6.06. The Morgan fingerprint density at radius 2 is 1.40 bits per heavy atom. The minimum absolute atomic E-state index is 0.474. The maximum absolute atomic E-state index is 13.0. The van der Waals surface area contributed by atoms with Crippen molar-refractivity contribution < 1.29 is 57.6 Å². The van der Waals surface area contributed by atoms with Crippen molar-refractivity contribution in [3.63, 3.8) is 0 Å². The van der Waals surface area contributed by atoms with Crippen molar-refractivity contribution >= 4 is 34.9 Å². The molecule has 240 valence electrons. The molecule has 2 aromatic carbocycles. The number of benzene rings is 2. The fraction of sp³-hybridized carbons (Fsp3) is 0.519. The monoisotopic (exact) mass is 657 g/mol. The third kappa shape index (κ3) is 7.71. The van der Waals surface area contributed by atoms with E-state index in [4.69, 9.17) is 9.16 Å². The van der Waals surface area contributed by atoms with Crippen LogP contribution in [0, 0.1) is 0 Å². The van der Waals surface area contributed by atoms with Crippen molar-refractivity contribution in [2.24, 2.45) is 0 Å². The summed E-state index contributed by atoms with van der Waals surface area (Å²) < 4.78 is 122. The van der Waals surface area contributed by atoms with Crippen LogP contribution in [0.3, 0.4) is 0 Å². The zero-order valence-electron chi connectivity index (χ0n) is 24.0. The van der Waals surface area contributed by atoms with Crippen LogP contribution in [-0.4, -0.2) is 77.1 Å². The number of amides is 1. The Bertz CT molecular complexity index is 1310.